The van der Waals surface area contributed by atoms with Crippen LogP contribution in [0.5, 0.6) is 11.5 Å². The topological polar surface area (TPSA) is 89.0 Å². The molecule has 1 aromatic carbocycles. The molecule has 1 unspecified atom stereocenters. The number of carboxylic acid groups (broad SMARTS) is 1. The molecule has 1 saturated heterocycles. The highest BCUT2D eigenvalue weighted by Gasteiger charge is 2.31. The molecule has 1 amide bonds. The zero-order chi connectivity index (χ0) is 18.7. The van der Waals surface area contributed by atoms with Gasteiger partial charge in [-0.25, -0.2) is 9.78 Å². The van der Waals surface area contributed by atoms with E-state index < -0.39 is 5.97 Å². The number of rotatable bonds is 5. The van der Waals surface area contributed by atoms with Gasteiger partial charge in [-0.15, -0.1) is 0 Å². The molecule has 1 aliphatic heterocycles. The van der Waals surface area contributed by atoms with E-state index in [4.69, 9.17) is 14.6 Å². The van der Waals surface area contributed by atoms with Gasteiger partial charge < -0.3 is 19.5 Å². The number of aromatic carboxylic acids is 1. The fourth-order valence-corrected chi connectivity index (χ4v) is 3.23. The van der Waals surface area contributed by atoms with Crippen molar-refractivity contribution >= 4 is 11.9 Å². The Kier molecular flexibility index (Phi) is 5.06. The Morgan fingerprint density at radius 1 is 1.15 bits per heavy atom. The Balaban J connectivity index is 1.85. The molecule has 1 atom stereocenters. The zero-order valence-electron chi connectivity index (χ0n) is 14.6. The van der Waals surface area contributed by atoms with Crippen LogP contribution >= 0.6 is 0 Å². The van der Waals surface area contributed by atoms with E-state index in [0.717, 1.165) is 18.4 Å². The molecule has 2 heterocycles. The van der Waals surface area contributed by atoms with Crippen LogP contribution in [0, 0.1) is 0 Å². The van der Waals surface area contributed by atoms with Gasteiger partial charge in [0.2, 0.25) is 0 Å². The number of likely N-dealkylation sites (tertiary alicyclic amines) is 1. The molecule has 1 N–H and O–H groups in total. The summed E-state index contributed by atoms with van der Waals surface area (Å²) in [5.74, 6) is -0.0162. The Hall–Kier alpha value is -3.09. The van der Waals surface area contributed by atoms with Gasteiger partial charge in [0.05, 0.1) is 25.8 Å². The van der Waals surface area contributed by atoms with Crippen LogP contribution < -0.4 is 9.47 Å². The predicted molar refractivity (Wildman–Crippen MR) is 93.8 cm³/mol. The highest BCUT2D eigenvalue weighted by atomic mass is 16.5. The van der Waals surface area contributed by atoms with Crippen LogP contribution in [0.15, 0.2) is 36.5 Å². The van der Waals surface area contributed by atoms with Crippen LogP contribution in [0.1, 0.15) is 45.3 Å². The van der Waals surface area contributed by atoms with Crippen molar-refractivity contribution in [3.63, 3.8) is 0 Å². The fourth-order valence-electron chi connectivity index (χ4n) is 3.23. The molecule has 7 heteroatoms. The molecule has 1 aliphatic rings. The lowest BCUT2D eigenvalue weighted by Crippen LogP contribution is -2.30. The van der Waals surface area contributed by atoms with Gasteiger partial charge in [-0.3, -0.25) is 4.79 Å². The van der Waals surface area contributed by atoms with Crippen molar-refractivity contribution in [1.29, 1.82) is 0 Å². The average Bonchev–Trinajstić information content (AvgIpc) is 3.16. The largest absolute Gasteiger partial charge is 0.493 e. The minimum atomic E-state index is -1.12. The molecule has 0 saturated carbocycles. The van der Waals surface area contributed by atoms with E-state index in [1.807, 2.05) is 18.2 Å². The summed E-state index contributed by atoms with van der Waals surface area (Å²) in [7, 11) is 3.16. The van der Waals surface area contributed by atoms with E-state index in [1.54, 1.807) is 19.1 Å². The number of carbonyl (C=O) groups is 2. The van der Waals surface area contributed by atoms with Crippen molar-refractivity contribution in [3.8, 4) is 11.5 Å². The Morgan fingerprint density at radius 3 is 2.54 bits per heavy atom. The second kappa shape index (κ2) is 7.43. The average molecular weight is 356 g/mol. The first-order valence-corrected chi connectivity index (χ1v) is 8.27. The number of ether oxygens (including phenoxy) is 2. The summed E-state index contributed by atoms with van der Waals surface area (Å²) in [6.45, 7) is 0.637. The third-order valence-corrected chi connectivity index (χ3v) is 4.54. The number of hydrogen-bond acceptors (Lipinski definition) is 5. The SMILES string of the molecule is COc1ccc(C2CCCN2C(=O)c2ccc(C(=O)O)nc2)cc1OC. The second-order valence-electron chi connectivity index (χ2n) is 6.01. The summed E-state index contributed by atoms with van der Waals surface area (Å²) >= 11 is 0. The van der Waals surface area contributed by atoms with Crippen molar-refractivity contribution in [2.75, 3.05) is 20.8 Å². The van der Waals surface area contributed by atoms with Crippen molar-refractivity contribution in [1.82, 2.24) is 9.88 Å². The van der Waals surface area contributed by atoms with Crippen LogP contribution in [-0.4, -0.2) is 47.6 Å². The molecule has 136 valence electrons. The number of nitrogens with zero attached hydrogens (tertiary/aromatic N) is 2. The van der Waals surface area contributed by atoms with Crippen molar-refractivity contribution in [3.05, 3.63) is 53.3 Å². The number of amides is 1. The van der Waals surface area contributed by atoms with Gasteiger partial charge in [-0.1, -0.05) is 6.07 Å². The van der Waals surface area contributed by atoms with Gasteiger partial charge in [0.1, 0.15) is 5.69 Å². The molecular formula is C19H20N2O5. The number of carbonyl (C=O) groups excluding carboxylic acids is 1. The summed E-state index contributed by atoms with van der Waals surface area (Å²) in [5, 5.41) is 8.93. The number of aromatic nitrogens is 1. The lowest BCUT2D eigenvalue weighted by atomic mass is 10.0. The van der Waals surface area contributed by atoms with E-state index in [2.05, 4.69) is 4.98 Å². The monoisotopic (exact) mass is 356 g/mol. The number of methoxy groups -OCH3 is 2. The van der Waals surface area contributed by atoms with Gasteiger partial charge in [0.25, 0.3) is 5.91 Å². The Labute approximate surface area is 151 Å². The lowest BCUT2D eigenvalue weighted by molar-refractivity contribution is 0.0685. The zero-order valence-corrected chi connectivity index (χ0v) is 14.6. The lowest BCUT2D eigenvalue weighted by Gasteiger charge is -2.25. The predicted octanol–water partition coefficient (Wildman–Crippen LogP) is 2.77. The maximum Gasteiger partial charge on any atom is 0.354 e. The minimum Gasteiger partial charge on any atom is -0.493 e. The number of carboxylic acids is 1. The molecule has 2 aromatic rings. The minimum absolute atomic E-state index is 0.0681. The molecule has 1 aromatic heterocycles. The van der Waals surface area contributed by atoms with Crippen LogP contribution in [0.4, 0.5) is 0 Å². The van der Waals surface area contributed by atoms with Gasteiger partial charge in [-0.2, -0.15) is 0 Å². The van der Waals surface area contributed by atoms with Gasteiger partial charge >= 0.3 is 5.97 Å². The van der Waals surface area contributed by atoms with Gasteiger partial charge in [0, 0.05) is 12.7 Å². The van der Waals surface area contributed by atoms with Gasteiger partial charge in [0.15, 0.2) is 11.5 Å². The maximum absolute atomic E-state index is 12.9. The normalized spacial score (nSPS) is 16.4. The highest BCUT2D eigenvalue weighted by Crippen LogP contribution is 2.37. The third-order valence-electron chi connectivity index (χ3n) is 4.54. The molecule has 0 bridgehead atoms. The standard InChI is InChI=1S/C19H20N2O5/c1-25-16-8-6-12(10-17(16)26-2)15-4-3-9-21(15)18(22)13-5-7-14(19(23)24)20-11-13/h5-8,10-11,15H,3-4,9H2,1-2H3,(H,23,24). The second-order valence-corrected chi connectivity index (χ2v) is 6.01. The van der Waals surface area contributed by atoms with Crippen molar-refractivity contribution in [2.24, 2.45) is 0 Å². The molecule has 26 heavy (non-hydrogen) atoms. The van der Waals surface area contributed by atoms with Crippen molar-refractivity contribution < 1.29 is 24.2 Å². The van der Waals surface area contributed by atoms with Crippen molar-refractivity contribution in [2.45, 2.75) is 18.9 Å². The fraction of sp³-hybridized carbons (Fsp3) is 0.316. The summed E-state index contributed by atoms with van der Waals surface area (Å²) in [6.07, 6.45) is 3.06. The quantitative estimate of drug-likeness (QED) is 0.886. The Morgan fingerprint density at radius 2 is 1.92 bits per heavy atom. The first-order valence-electron chi connectivity index (χ1n) is 8.27. The van der Waals surface area contributed by atoms with E-state index >= 15 is 0 Å². The maximum atomic E-state index is 12.9. The van der Waals surface area contributed by atoms with E-state index in [0.29, 0.717) is 23.6 Å². The van der Waals surface area contributed by atoms with E-state index in [1.165, 1.54) is 18.3 Å². The first-order chi connectivity index (χ1) is 12.5. The molecule has 0 spiro atoms. The third kappa shape index (κ3) is 3.33. The molecule has 0 radical (unpaired) electrons. The molecule has 1 fully saturated rings. The highest BCUT2D eigenvalue weighted by molar-refractivity contribution is 5.95. The summed E-state index contributed by atoms with van der Waals surface area (Å²) in [5.41, 5.74) is 1.27. The molecule has 3 rings (SSSR count). The first kappa shape index (κ1) is 17.7. The smallest absolute Gasteiger partial charge is 0.354 e. The van der Waals surface area contributed by atoms with E-state index in [-0.39, 0.29) is 17.6 Å². The number of hydrogen-bond donors (Lipinski definition) is 1. The number of pyridine rings is 1. The molecular weight excluding hydrogens is 336 g/mol. The number of benzene rings is 1. The summed E-state index contributed by atoms with van der Waals surface area (Å²) in [6, 6.07) is 8.43. The van der Waals surface area contributed by atoms with Crippen LogP contribution in [-0.2, 0) is 0 Å². The summed E-state index contributed by atoms with van der Waals surface area (Å²) in [4.78, 5) is 29.4. The van der Waals surface area contributed by atoms with Crippen LogP contribution in [0.2, 0.25) is 0 Å². The van der Waals surface area contributed by atoms with Crippen LogP contribution in [0.3, 0.4) is 0 Å². The van der Waals surface area contributed by atoms with Gasteiger partial charge in [-0.05, 0) is 42.7 Å². The van der Waals surface area contributed by atoms with E-state index in [9.17, 15) is 9.59 Å². The van der Waals surface area contributed by atoms with Crippen LogP contribution in [0.25, 0.3) is 0 Å². The molecule has 7 nitrogen and oxygen atoms in total. The molecule has 0 aliphatic carbocycles. The Bertz CT molecular complexity index is 819. The summed E-state index contributed by atoms with van der Waals surface area (Å²) < 4.78 is 10.6.